The second-order valence-corrected chi connectivity index (χ2v) is 7.31. The number of benzene rings is 1. The van der Waals surface area contributed by atoms with E-state index < -0.39 is 6.17 Å². The summed E-state index contributed by atoms with van der Waals surface area (Å²) in [5.74, 6) is 2.13. The van der Waals surface area contributed by atoms with Crippen molar-refractivity contribution in [1.29, 1.82) is 0 Å². The molecule has 8 nitrogen and oxygen atoms in total. The van der Waals surface area contributed by atoms with E-state index in [2.05, 4.69) is 35.2 Å². The molecule has 1 fully saturated rings. The van der Waals surface area contributed by atoms with Crippen molar-refractivity contribution in [2.24, 2.45) is 0 Å². The minimum Gasteiger partial charge on any atom is -0.350 e. The SMILES string of the molecule is FC1CN(c2cc(Nc3ncnc4nc(-c5c(Cl)cccc5Cl)[nH]c34)ncn2)C1. The summed E-state index contributed by atoms with van der Waals surface area (Å²) >= 11 is 12.6. The van der Waals surface area contributed by atoms with E-state index >= 15 is 0 Å². The maximum atomic E-state index is 13.1. The van der Waals surface area contributed by atoms with Gasteiger partial charge in [-0.25, -0.2) is 29.3 Å². The predicted octanol–water partition coefficient (Wildman–Crippen LogP) is 4.02. The first kappa shape index (κ1) is 18.0. The van der Waals surface area contributed by atoms with Crippen LogP contribution in [0.4, 0.5) is 21.8 Å². The largest absolute Gasteiger partial charge is 0.350 e. The average Bonchev–Trinajstić information content (AvgIpc) is 3.10. The lowest BCUT2D eigenvalue weighted by Gasteiger charge is -2.35. The molecule has 5 rings (SSSR count). The summed E-state index contributed by atoms with van der Waals surface area (Å²) in [5, 5.41) is 4.08. The van der Waals surface area contributed by atoms with Crippen LogP contribution in [0.5, 0.6) is 0 Å². The molecular formula is C18H13Cl2FN8. The smallest absolute Gasteiger partial charge is 0.183 e. The number of anilines is 3. The maximum absolute atomic E-state index is 13.1. The minimum atomic E-state index is -0.817. The Morgan fingerprint density at radius 3 is 2.59 bits per heavy atom. The second kappa shape index (κ2) is 7.09. The van der Waals surface area contributed by atoms with Crippen LogP contribution in [-0.4, -0.2) is 49.2 Å². The van der Waals surface area contributed by atoms with E-state index in [1.54, 1.807) is 24.3 Å². The van der Waals surface area contributed by atoms with Crippen LogP contribution in [0.15, 0.2) is 36.9 Å². The molecule has 29 heavy (non-hydrogen) atoms. The third kappa shape index (κ3) is 3.32. The molecule has 0 atom stereocenters. The number of H-pyrrole nitrogens is 1. The second-order valence-electron chi connectivity index (χ2n) is 6.49. The highest BCUT2D eigenvalue weighted by molar-refractivity contribution is 6.39. The quantitative estimate of drug-likeness (QED) is 0.504. The zero-order valence-electron chi connectivity index (χ0n) is 14.8. The summed E-state index contributed by atoms with van der Waals surface area (Å²) in [5.41, 5.74) is 1.61. The van der Waals surface area contributed by atoms with Crippen LogP contribution < -0.4 is 10.2 Å². The van der Waals surface area contributed by atoms with E-state index in [1.807, 2.05) is 4.90 Å². The fraction of sp³-hybridized carbons (Fsp3) is 0.167. The van der Waals surface area contributed by atoms with Crippen molar-refractivity contribution in [2.45, 2.75) is 6.17 Å². The van der Waals surface area contributed by atoms with Gasteiger partial charge in [-0.05, 0) is 12.1 Å². The van der Waals surface area contributed by atoms with Gasteiger partial charge in [0.25, 0.3) is 0 Å². The fourth-order valence-electron chi connectivity index (χ4n) is 3.09. The number of aromatic amines is 1. The summed E-state index contributed by atoms with van der Waals surface area (Å²) < 4.78 is 13.1. The predicted molar refractivity (Wildman–Crippen MR) is 110 cm³/mol. The first-order chi connectivity index (χ1) is 14.1. The molecule has 0 unspecified atom stereocenters. The number of nitrogens with zero attached hydrogens (tertiary/aromatic N) is 6. The average molecular weight is 431 g/mol. The first-order valence-electron chi connectivity index (χ1n) is 8.71. The van der Waals surface area contributed by atoms with Crippen LogP contribution in [-0.2, 0) is 0 Å². The van der Waals surface area contributed by atoms with Gasteiger partial charge < -0.3 is 15.2 Å². The van der Waals surface area contributed by atoms with Crippen molar-refractivity contribution in [1.82, 2.24) is 29.9 Å². The molecule has 1 aromatic carbocycles. The van der Waals surface area contributed by atoms with Gasteiger partial charge in [-0.15, -0.1) is 0 Å². The molecule has 4 aromatic rings. The Morgan fingerprint density at radius 2 is 1.83 bits per heavy atom. The van der Waals surface area contributed by atoms with Crippen LogP contribution in [0.25, 0.3) is 22.6 Å². The van der Waals surface area contributed by atoms with E-state index in [0.29, 0.717) is 63.1 Å². The fourth-order valence-corrected chi connectivity index (χ4v) is 3.66. The first-order valence-corrected chi connectivity index (χ1v) is 9.47. The van der Waals surface area contributed by atoms with Crippen LogP contribution in [0.3, 0.4) is 0 Å². The van der Waals surface area contributed by atoms with Gasteiger partial charge >= 0.3 is 0 Å². The highest BCUT2D eigenvalue weighted by Crippen LogP contribution is 2.34. The number of aromatic nitrogens is 6. The van der Waals surface area contributed by atoms with Gasteiger partial charge in [0.05, 0.1) is 28.7 Å². The molecule has 0 bridgehead atoms. The van der Waals surface area contributed by atoms with E-state index in [0.717, 1.165) is 0 Å². The number of rotatable bonds is 4. The molecule has 3 aromatic heterocycles. The van der Waals surface area contributed by atoms with E-state index in [9.17, 15) is 4.39 Å². The van der Waals surface area contributed by atoms with Gasteiger partial charge in [-0.2, -0.15) is 0 Å². The lowest BCUT2D eigenvalue weighted by molar-refractivity contribution is 0.273. The van der Waals surface area contributed by atoms with Crippen molar-refractivity contribution in [3.8, 4) is 11.4 Å². The zero-order valence-corrected chi connectivity index (χ0v) is 16.3. The van der Waals surface area contributed by atoms with Crippen molar-refractivity contribution in [2.75, 3.05) is 23.3 Å². The van der Waals surface area contributed by atoms with Gasteiger partial charge in [0.1, 0.15) is 41.8 Å². The molecule has 1 aliphatic rings. The Kier molecular flexibility index (Phi) is 4.40. The normalized spacial score (nSPS) is 14.2. The number of alkyl halides is 1. The molecule has 11 heteroatoms. The van der Waals surface area contributed by atoms with Crippen LogP contribution >= 0.6 is 23.2 Å². The molecule has 0 spiro atoms. The third-order valence-electron chi connectivity index (χ3n) is 4.55. The number of hydrogen-bond donors (Lipinski definition) is 2. The van der Waals surface area contributed by atoms with Crippen molar-refractivity contribution in [3.05, 3.63) is 47.0 Å². The van der Waals surface area contributed by atoms with Crippen LogP contribution in [0.1, 0.15) is 0 Å². The van der Waals surface area contributed by atoms with Gasteiger partial charge in [0.2, 0.25) is 0 Å². The Hall–Kier alpha value is -3.04. The van der Waals surface area contributed by atoms with Gasteiger partial charge in [0.15, 0.2) is 11.5 Å². The minimum absolute atomic E-state index is 0.330. The lowest BCUT2D eigenvalue weighted by atomic mass is 10.2. The van der Waals surface area contributed by atoms with E-state index in [4.69, 9.17) is 23.2 Å². The molecular weight excluding hydrogens is 418 g/mol. The summed E-state index contributed by atoms with van der Waals surface area (Å²) in [7, 11) is 0. The van der Waals surface area contributed by atoms with E-state index in [-0.39, 0.29) is 0 Å². The van der Waals surface area contributed by atoms with Crippen molar-refractivity contribution >= 4 is 51.8 Å². The summed E-state index contributed by atoms with van der Waals surface area (Å²) in [6.07, 6.45) is 2.00. The Morgan fingerprint density at radius 1 is 1.07 bits per heavy atom. The molecule has 0 amide bonds. The monoisotopic (exact) mass is 430 g/mol. The molecule has 2 N–H and O–H groups in total. The van der Waals surface area contributed by atoms with Crippen LogP contribution in [0, 0.1) is 0 Å². The topological polar surface area (TPSA) is 95.5 Å². The highest BCUT2D eigenvalue weighted by atomic mass is 35.5. The summed E-state index contributed by atoms with van der Waals surface area (Å²) in [4.78, 5) is 26.4. The van der Waals surface area contributed by atoms with Crippen LogP contribution in [0.2, 0.25) is 10.0 Å². The number of imidazole rings is 1. The van der Waals surface area contributed by atoms with Crippen molar-refractivity contribution in [3.63, 3.8) is 0 Å². The molecule has 0 saturated carbocycles. The lowest BCUT2D eigenvalue weighted by Crippen LogP contribution is -2.48. The Balaban J connectivity index is 1.50. The van der Waals surface area contributed by atoms with Gasteiger partial charge in [-0.1, -0.05) is 29.3 Å². The number of hydrogen-bond acceptors (Lipinski definition) is 7. The molecule has 1 aliphatic heterocycles. The van der Waals surface area contributed by atoms with Crippen molar-refractivity contribution < 1.29 is 4.39 Å². The molecule has 146 valence electrons. The van der Waals surface area contributed by atoms with Gasteiger partial charge in [-0.3, -0.25) is 0 Å². The maximum Gasteiger partial charge on any atom is 0.183 e. The highest BCUT2D eigenvalue weighted by Gasteiger charge is 2.27. The zero-order chi connectivity index (χ0) is 20.0. The van der Waals surface area contributed by atoms with Gasteiger partial charge in [0, 0.05) is 6.07 Å². The Bertz CT molecular complexity index is 1190. The number of nitrogens with one attached hydrogen (secondary N) is 2. The van der Waals surface area contributed by atoms with E-state index in [1.165, 1.54) is 12.7 Å². The molecule has 1 saturated heterocycles. The summed E-state index contributed by atoms with van der Waals surface area (Å²) in [6.45, 7) is 0.660. The number of halogens is 3. The molecule has 0 aliphatic carbocycles. The third-order valence-corrected chi connectivity index (χ3v) is 5.18. The standard InChI is InChI=1S/C18H13Cl2FN8/c19-10-2-1-3-11(20)14(10)16-27-15-17(24-8-25-18(15)28-16)26-12-4-13(23-7-22-12)29-5-9(21)6-29/h1-4,7-9H,5-6H2,(H2,22,23,24,25,26,27,28). The summed E-state index contributed by atoms with van der Waals surface area (Å²) in [6, 6.07) is 6.98. The molecule has 4 heterocycles. The Labute approximate surface area is 174 Å². The number of fused-ring (bicyclic) bond motifs is 1. The molecule has 0 radical (unpaired) electrons.